The van der Waals surface area contributed by atoms with Gasteiger partial charge in [-0.2, -0.15) is 0 Å². The number of hydrogen-bond donors (Lipinski definition) is 2. The van der Waals surface area contributed by atoms with Gasteiger partial charge in [0.05, 0.1) is 18.6 Å². The molecule has 0 aliphatic carbocycles. The summed E-state index contributed by atoms with van der Waals surface area (Å²) >= 11 is 1.18. The first-order valence-corrected chi connectivity index (χ1v) is 8.78. The van der Waals surface area contributed by atoms with Crippen LogP contribution in [0.25, 0.3) is 0 Å². The van der Waals surface area contributed by atoms with Gasteiger partial charge in [-0.1, -0.05) is 18.7 Å². The molecule has 1 fully saturated rings. The number of carboxylic acids is 1. The van der Waals surface area contributed by atoms with Crippen LogP contribution < -0.4 is 5.32 Å². The van der Waals surface area contributed by atoms with Gasteiger partial charge in [-0.25, -0.2) is 4.79 Å². The normalized spacial score (nSPS) is 22.0. The number of esters is 1. The molecule has 0 radical (unpaired) electrons. The lowest BCUT2D eigenvalue weighted by Crippen LogP contribution is -2.58. The number of amides is 2. The van der Waals surface area contributed by atoms with E-state index in [9.17, 15) is 24.3 Å². The van der Waals surface area contributed by atoms with Crippen molar-refractivity contribution in [2.24, 2.45) is 5.92 Å². The van der Waals surface area contributed by atoms with Crippen LogP contribution in [0.15, 0.2) is 22.2 Å². The average molecular weight is 368 g/mol. The maximum atomic E-state index is 12.2. The third-order valence-electron chi connectivity index (χ3n) is 4.03. The second kappa shape index (κ2) is 8.19. The molecule has 2 amide bonds. The Morgan fingerprint density at radius 3 is 2.76 bits per heavy atom. The van der Waals surface area contributed by atoms with E-state index in [0.717, 1.165) is 0 Å². The summed E-state index contributed by atoms with van der Waals surface area (Å²) in [6.07, 6.45) is 2.63. The van der Waals surface area contributed by atoms with Crippen LogP contribution in [0.5, 0.6) is 0 Å². The second-order valence-corrected chi connectivity index (χ2v) is 6.63. The Hall–Kier alpha value is -2.29. The third kappa shape index (κ3) is 4.22. The number of carbonyl (C=O) groups is 4. The Bertz CT molecular complexity index is 657. The van der Waals surface area contributed by atoms with E-state index in [-0.39, 0.29) is 36.1 Å². The third-order valence-corrected chi connectivity index (χ3v) is 4.95. The van der Waals surface area contributed by atoms with Crippen LogP contribution in [-0.4, -0.2) is 46.4 Å². The lowest BCUT2D eigenvalue weighted by Gasteiger charge is -2.43. The molecular formula is C16H20N2O6S. The number of rotatable bonds is 8. The number of carbonyl (C=O) groups excluding carboxylic acids is 3. The molecule has 25 heavy (non-hydrogen) atoms. The zero-order valence-electron chi connectivity index (χ0n) is 14.0. The number of β-lactam (4-membered cyclic amide) rings is 1. The molecule has 2 unspecified atom stereocenters. The van der Waals surface area contributed by atoms with Gasteiger partial charge in [0.25, 0.3) is 0 Å². The summed E-state index contributed by atoms with van der Waals surface area (Å²) in [6.45, 7) is 3.17. The molecule has 2 rings (SSSR count). The van der Waals surface area contributed by atoms with Gasteiger partial charge in [0.2, 0.25) is 11.8 Å². The van der Waals surface area contributed by atoms with Crippen molar-refractivity contribution in [1.82, 2.24) is 10.2 Å². The highest BCUT2D eigenvalue weighted by atomic mass is 32.2. The Morgan fingerprint density at radius 2 is 2.16 bits per heavy atom. The van der Waals surface area contributed by atoms with Crippen molar-refractivity contribution in [2.75, 3.05) is 6.61 Å². The fourth-order valence-electron chi connectivity index (χ4n) is 2.85. The smallest absolute Gasteiger partial charge is 0.353 e. The summed E-state index contributed by atoms with van der Waals surface area (Å²) in [5.74, 6) is -2.29. The zero-order valence-corrected chi connectivity index (χ0v) is 14.8. The van der Waals surface area contributed by atoms with Crippen molar-refractivity contribution in [2.45, 2.75) is 39.2 Å². The lowest BCUT2D eigenvalue weighted by molar-refractivity contribution is -0.157. The fourth-order valence-corrected chi connectivity index (χ4v) is 3.72. The number of thioether (sulfide) groups is 1. The molecule has 0 bridgehead atoms. The minimum Gasteiger partial charge on any atom is -0.477 e. The molecule has 8 nitrogen and oxygen atoms in total. The van der Waals surface area contributed by atoms with Crippen molar-refractivity contribution in [3.05, 3.63) is 22.2 Å². The van der Waals surface area contributed by atoms with Crippen LogP contribution >= 0.6 is 11.8 Å². The molecule has 0 aromatic rings. The number of ether oxygens (including phenoxy) is 1. The van der Waals surface area contributed by atoms with Crippen molar-refractivity contribution in [3.63, 3.8) is 0 Å². The maximum Gasteiger partial charge on any atom is 0.353 e. The molecule has 2 atom stereocenters. The van der Waals surface area contributed by atoms with Crippen LogP contribution in [0.1, 0.15) is 33.1 Å². The van der Waals surface area contributed by atoms with Gasteiger partial charge in [-0.05, 0) is 11.8 Å². The van der Waals surface area contributed by atoms with Gasteiger partial charge >= 0.3 is 11.9 Å². The van der Waals surface area contributed by atoms with Gasteiger partial charge in [-0.3, -0.25) is 14.4 Å². The number of aliphatic carboxylic acids is 1. The van der Waals surface area contributed by atoms with E-state index in [0.29, 0.717) is 24.2 Å². The number of nitrogens with one attached hydrogen (secondary N) is 1. The zero-order chi connectivity index (χ0) is 18.6. The lowest BCUT2D eigenvalue weighted by atomic mass is 9.85. The molecule has 1 saturated heterocycles. The molecule has 0 saturated carbocycles. The van der Waals surface area contributed by atoms with E-state index in [2.05, 4.69) is 5.32 Å². The Balaban J connectivity index is 1.99. The first kappa shape index (κ1) is 19.0. The average Bonchev–Trinajstić information content (AvgIpc) is 2.90. The predicted octanol–water partition coefficient (Wildman–Crippen LogP) is 1.20. The molecule has 2 aliphatic heterocycles. The van der Waals surface area contributed by atoms with Crippen LogP contribution in [0.3, 0.4) is 0 Å². The van der Waals surface area contributed by atoms with Gasteiger partial charge in [-0.15, -0.1) is 0 Å². The van der Waals surface area contributed by atoms with E-state index in [1.807, 2.05) is 0 Å². The Morgan fingerprint density at radius 1 is 1.44 bits per heavy atom. The van der Waals surface area contributed by atoms with Crippen molar-refractivity contribution >= 4 is 35.5 Å². The number of fused-ring (bicyclic) bond motifs is 1. The minimum atomic E-state index is -1.15. The van der Waals surface area contributed by atoms with Gasteiger partial charge < -0.3 is 20.1 Å². The standard InChI is InChI=1S/C16H20N2O6S/c1-3-13(20)17-5-7-25-12-8-11-10(4-6-24-9(2)19)15(21)18(11)14(12)16(22)23/h5,7,10-11H,3-4,6,8H2,1-2H3,(H,17,20)(H,22,23). The van der Waals surface area contributed by atoms with E-state index >= 15 is 0 Å². The summed E-state index contributed by atoms with van der Waals surface area (Å²) in [4.78, 5) is 47.6. The van der Waals surface area contributed by atoms with E-state index in [1.54, 1.807) is 12.3 Å². The molecule has 0 aromatic carbocycles. The first-order valence-electron chi connectivity index (χ1n) is 7.90. The highest BCUT2D eigenvalue weighted by molar-refractivity contribution is 8.05. The van der Waals surface area contributed by atoms with Crippen molar-refractivity contribution in [3.8, 4) is 0 Å². The topological polar surface area (TPSA) is 113 Å². The highest BCUT2D eigenvalue weighted by Gasteiger charge is 2.54. The van der Waals surface area contributed by atoms with Gasteiger partial charge in [0.15, 0.2) is 0 Å². The van der Waals surface area contributed by atoms with E-state index in [1.165, 1.54) is 29.8 Å². The minimum absolute atomic E-state index is 0.00444. The quantitative estimate of drug-likeness (QED) is 0.489. The molecule has 9 heteroatoms. The largest absolute Gasteiger partial charge is 0.477 e. The van der Waals surface area contributed by atoms with Crippen molar-refractivity contribution < 1.29 is 29.0 Å². The SMILES string of the molecule is CCC(=O)NC=CSC1=C(C(=O)O)N2C(=O)C(CCOC(C)=O)C2C1. The number of carboxylic acid groups (broad SMARTS) is 1. The van der Waals surface area contributed by atoms with Crippen molar-refractivity contribution in [1.29, 1.82) is 0 Å². The highest BCUT2D eigenvalue weighted by Crippen LogP contribution is 2.47. The summed E-state index contributed by atoms with van der Waals surface area (Å²) in [6, 6.07) is -0.213. The molecule has 2 heterocycles. The summed E-state index contributed by atoms with van der Waals surface area (Å²) < 4.78 is 4.86. The number of hydrogen-bond acceptors (Lipinski definition) is 6. The summed E-state index contributed by atoms with van der Waals surface area (Å²) in [5, 5.41) is 13.6. The predicted molar refractivity (Wildman–Crippen MR) is 89.8 cm³/mol. The van der Waals surface area contributed by atoms with Crippen LogP contribution in [-0.2, 0) is 23.9 Å². The summed E-state index contributed by atoms with van der Waals surface area (Å²) in [7, 11) is 0. The van der Waals surface area contributed by atoms with Crippen LogP contribution in [0, 0.1) is 5.92 Å². The van der Waals surface area contributed by atoms with Gasteiger partial charge in [0.1, 0.15) is 5.70 Å². The maximum absolute atomic E-state index is 12.2. The Kier molecular flexibility index (Phi) is 6.24. The van der Waals surface area contributed by atoms with E-state index < -0.39 is 11.9 Å². The molecule has 0 aromatic heterocycles. The first-order chi connectivity index (χ1) is 11.9. The summed E-state index contributed by atoms with van der Waals surface area (Å²) in [5.41, 5.74) is -0.00444. The van der Waals surface area contributed by atoms with Crippen LogP contribution in [0.2, 0.25) is 0 Å². The van der Waals surface area contributed by atoms with Gasteiger partial charge in [0, 0.05) is 30.9 Å². The molecular weight excluding hydrogens is 348 g/mol. The fraction of sp³-hybridized carbons (Fsp3) is 0.500. The van der Waals surface area contributed by atoms with E-state index in [4.69, 9.17) is 4.74 Å². The molecule has 2 aliphatic rings. The second-order valence-electron chi connectivity index (χ2n) is 5.63. The Labute approximate surface area is 149 Å². The number of nitrogens with zero attached hydrogens (tertiary/aromatic N) is 1. The monoisotopic (exact) mass is 368 g/mol. The molecule has 0 spiro atoms. The van der Waals surface area contributed by atoms with Crippen LogP contribution in [0.4, 0.5) is 0 Å². The molecule has 2 N–H and O–H groups in total. The molecule has 136 valence electrons.